The molecule has 1 aliphatic heterocycles. The summed E-state index contributed by atoms with van der Waals surface area (Å²) in [6, 6.07) is 4.76. The Balaban J connectivity index is 2.01. The molecule has 2 aromatic rings. The van der Waals surface area contributed by atoms with Crippen molar-refractivity contribution in [2.45, 2.75) is 6.42 Å². The molecule has 2 heterocycles. The van der Waals surface area contributed by atoms with Crippen LogP contribution in [-0.2, 0) is 4.79 Å². The summed E-state index contributed by atoms with van der Waals surface area (Å²) in [4.78, 5) is 43.0. The van der Waals surface area contributed by atoms with Gasteiger partial charge >= 0.3 is 6.03 Å². The van der Waals surface area contributed by atoms with Crippen LogP contribution in [0.1, 0.15) is 17.0 Å². The van der Waals surface area contributed by atoms with Crippen LogP contribution in [0.3, 0.4) is 0 Å². The lowest BCUT2D eigenvalue weighted by atomic mass is 10.2. The minimum atomic E-state index is -0.453. The quantitative estimate of drug-likeness (QED) is 0.818. The Kier molecular flexibility index (Phi) is 2.86. The second kappa shape index (κ2) is 4.69. The molecule has 1 aromatic heterocycles. The minimum Gasteiger partial charge on any atom is -0.294 e. The third kappa shape index (κ3) is 2.09. The van der Waals surface area contributed by atoms with E-state index < -0.39 is 6.03 Å². The van der Waals surface area contributed by atoms with Crippen LogP contribution in [0.25, 0.3) is 10.9 Å². The van der Waals surface area contributed by atoms with Gasteiger partial charge in [0.15, 0.2) is 12.1 Å². The van der Waals surface area contributed by atoms with E-state index in [1.54, 1.807) is 24.4 Å². The van der Waals surface area contributed by atoms with E-state index in [0.717, 1.165) is 5.39 Å². The van der Waals surface area contributed by atoms with Crippen molar-refractivity contribution in [1.29, 1.82) is 0 Å². The fourth-order valence-electron chi connectivity index (χ4n) is 2.06. The van der Waals surface area contributed by atoms with Crippen molar-refractivity contribution in [1.82, 2.24) is 15.3 Å². The van der Waals surface area contributed by atoms with Crippen molar-refractivity contribution >= 4 is 34.8 Å². The van der Waals surface area contributed by atoms with Crippen LogP contribution in [0.4, 0.5) is 10.5 Å². The number of aldehydes is 1. The standard InChI is InChI=1S/C13H10N4O3/c18-7-11-14-6-8-1-2-9(5-10(8)15-11)17-4-3-12(19)16-13(17)20/h1-2,5-7H,3-4H2,(H,16,19,20). The summed E-state index contributed by atoms with van der Waals surface area (Å²) >= 11 is 0. The van der Waals surface area contributed by atoms with Gasteiger partial charge in [-0.15, -0.1) is 0 Å². The number of benzene rings is 1. The van der Waals surface area contributed by atoms with E-state index in [0.29, 0.717) is 24.0 Å². The maximum Gasteiger partial charge on any atom is 0.328 e. The van der Waals surface area contributed by atoms with Crippen molar-refractivity contribution in [2.75, 3.05) is 11.4 Å². The molecule has 1 fully saturated rings. The molecule has 20 heavy (non-hydrogen) atoms. The molecule has 0 aliphatic carbocycles. The number of rotatable bonds is 2. The first-order chi connectivity index (χ1) is 9.67. The summed E-state index contributed by atoms with van der Waals surface area (Å²) < 4.78 is 0. The van der Waals surface area contributed by atoms with Gasteiger partial charge in [-0.25, -0.2) is 14.8 Å². The second-order valence-electron chi connectivity index (χ2n) is 4.34. The molecule has 7 nitrogen and oxygen atoms in total. The Bertz CT molecular complexity index is 729. The molecule has 0 saturated carbocycles. The first kappa shape index (κ1) is 12.2. The second-order valence-corrected chi connectivity index (χ2v) is 4.34. The lowest BCUT2D eigenvalue weighted by Gasteiger charge is -2.26. The van der Waals surface area contributed by atoms with Crippen molar-refractivity contribution in [3.63, 3.8) is 0 Å². The average molecular weight is 270 g/mol. The third-order valence-electron chi connectivity index (χ3n) is 3.06. The number of nitrogens with one attached hydrogen (secondary N) is 1. The normalized spacial score (nSPS) is 15.3. The molecule has 1 aliphatic rings. The lowest BCUT2D eigenvalue weighted by molar-refractivity contribution is -0.120. The number of nitrogens with zero attached hydrogens (tertiary/aromatic N) is 3. The maximum atomic E-state index is 11.8. The molecule has 100 valence electrons. The van der Waals surface area contributed by atoms with Gasteiger partial charge in [0, 0.05) is 30.2 Å². The van der Waals surface area contributed by atoms with Crippen molar-refractivity contribution in [2.24, 2.45) is 0 Å². The predicted octanol–water partition coefficient (Wildman–Crippen LogP) is 0.889. The van der Waals surface area contributed by atoms with E-state index in [1.165, 1.54) is 4.90 Å². The Hall–Kier alpha value is -2.83. The largest absolute Gasteiger partial charge is 0.328 e. The van der Waals surface area contributed by atoms with E-state index in [9.17, 15) is 14.4 Å². The smallest absolute Gasteiger partial charge is 0.294 e. The number of hydrogen-bond donors (Lipinski definition) is 1. The first-order valence-corrected chi connectivity index (χ1v) is 6.01. The highest BCUT2D eigenvalue weighted by molar-refractivity contribution is 6.06. The number of amides is 3. The lowest BCUT2D eigenvalue weighted by Crippen LogP contribution is -2.49. The minimum absolute atomic E-state index is 0.0907. The van der Waals surface area contributed by atoms with Crippen molar-refractivity contribution in [3.05, 3.63) is 30.2 Å². The maximum absolute atomic E-state index is 11.8. The van der Waals surface area contributed by atoms with Crippen LogP contribution in [-0.4, -0.2) is 34.7 Å². The summed E-state index contributed by atoms with van der Waals surface area (Å²) in [6.07, 6.45) is 2.38. The highest BCUT2D eigenvalue weighted by Gasteiger charge is 2.24. The van der Waals surface area contributed by atoms with E-state index in [2.05, 4.69) is 15.3 Å². The summed E-state index contributed by atoms with van der Waals surface area (Å²) in [6.45, 7) is 0.321. The molecule has 1 N–H and O–H groups in total. The summed E-state index contributed by atoms with van der Waals surface area (Å²) in [5.74, 6) is -0.189. The highest BCUT2D eigenvalue weighted by atomic mass is 16.2. The number of imide groups is 1. The Morgan fingerprint density at radius 3 is 2.90 bits per heavy atom. The van der Waals surface area contributed by atoms with Gasteiger partial charge in [0.05, 0.1) is 5.52 Å². The number of hydrogen-bond acceptors (Lipinski definition) is 5. The van der Waals surface area contributed by atoms with Gasteiger partial charge in [0.25, 0.3) is 0 Å². The van der Waals surface area contributed by atoms with Gasteiger partial charge in [-0.1, -0.05) is 0 Å². The molecule has 0 bridgehead atoms. The van der Waals surface area contributed by atoms with Crippen LogP contribution >= 0.6 is 0 Å². The topological polar surface area (TPSA) is 92.3 Å². The molecule has 7 heteroatoms. The number of aromatic nitrogens is 2. The van der Waals surface area contributed by atoms with Gasteiger partial charge in [0.2, 0.25) is 5.91 Å². The van der Waals surface area contributed by atoms with Gasteiger partial charge in [-0.3, -0.25) is 19.8 Å². The van der Waals surface area contributed by atoms with E-state index >= 15 is 0 Å². The molecule has 0 unspecified atom stereocenters. The van der Waals surface area contributed by atoms with Crippen LogP contribution in [0.5, 0.6) is 0 Å². The van der Waals surface area contributed by atoms with Crippen LogP contribution in [0, 0.1) is 0 Å². The summed E-state index contributed by atoms with van der Waals surface area (Å²) in [5, 5.41) is 3.03. The zero-order chi connectivity index (χ0) is 14.1. The van der Waals surface area contributed by atoms with E-state index in [4.69, 9.17) is 0 Å². The number of anilines is 1. The molecule has 1 saturated heterocycles. The van der Waals surface area contributed by atoms with Gasteiger partial charge in [-0.2, -0.15) is 0 Å². The highest BCUT2D eigenvalue weighted by Crippen LogP contribution is 2.22. The zero-order valence-electron chi connectivity index (χ0n) is 10.4. The Labute approximate surface area is 113 Å². The van der Waals surface area contributed by atoms with Gasteiger partial charge < -0.3 is 0 Å². The number of carbonyl (C=O) groups is 3. The molecule has 3 rings (SSSR count). The molecule has 3 amide bonds. The third-order valence-corrected chi connectivity index (χ3v) is 3.06. The van der Waals surface area contributed by atoms with Crippen molar-refractivity contribution < 1.29 is 14.4 Å². The number of carbonyl (C=O) groups excluding carboxylic acids is 3. The Morgan fingerprint density at radius 1 is 1.30 bits per heavy atom. The summed E-state index contributed by atoms with van der Waals surface area (Å²) in [5.41, 5.74) is 1.20. The average Bonchev–Trinajstić information content (AvgIpc) is 2.46. The fourth-order valence-corrected chi connectivity index (χ4v) is 2.06. The fraction of sp³-hybridized carbons (Fsp3) is 0.154. The predicted molar refractivity (Wildman–Crippen MR) is 70.4 cm³/mol. The number of urea groups is 1. The molecule has 0 radical (unpaired) electrons. The monoisotopic (exact) mass is 270 g/mol. The van der Waals surface area contributed by atoms with Crippen LogP contribution in [0.2, 0.25) is 0 Å². The molecular formula is C13H10N4O3. The molecular weight excluding hydrogens is 260 g/mol. The zero-order valence-corrected chi connectivity index (χ0v) is 10.4. The Morgan fingerprint density at radius 2 is 2.15 bits per heavy atom. The first-order valence-electron chi connectivity index (χ1n) is 6.01. The SMILES string of the molecule is O=Cc1ncc2ccc(N3CCC(=O)NC3=O)cc2n1. The van der Waals surface area contributed by atoms with E-state index in [1.807, 2.05) is 0 Å². The van der Waals surface area contributed by atoms with Crippen LogP contribution < -0.4 is 10.2 Å². The van der Waals surface area contributed by atoms with Gasteiger partial charge in [-0.05, 0) is 18.2 Å². The molecule has 0 spiro atoms. The molecule has 1 aromatic carbocycles. The molecule has 0 atom stereocenters. The summed E-state index contributed by atoms with van der Waals surface area (Å²) in [7, 11) is 0. The van der Waals surface area contributed by atoms with Gasteiger partial charge in [0.1, 0.15) is 0 Å². The number of fused-ring (bicyclic) bond motifs is 1. The van der Waals surface area contributed by atoms with Crippen molar-refractivity contribution in [3.8, 4) is 0 Å². The van der Waals surface area contributed by atoms with Crippen LogP contribution in [0.15, 0.2) is 24.4 Å². The van der Waals surface area contributed by atoms with E-state index in [-0.39, 0.29) is 18.2 Å².